The highest BCUT2D eigenvalue weighted by Crippen LogP contribution is 2.26. The normalized spacial score (nSPS) is 20.9. The standard InChI is InChI=1S/C15H20N2O3/c1-10-7-13(8-10)17-15(20)16-12-4-2-3-11(9-12)5-6-14(18)19/h2-4,9-10,13H,5-8H2,1H3,(H,18,19)(H2,16,17,20). The molecule has 2 amide bonds. The fourth-order valence-electron chi connectivity index (χ4n) is 2.43. The molecule has 1 aliphatic carbocycles. The second kappa shape index (κ2) is 6.41. The minimum atomic E-state index is -0.819. The number of carboxylic acids is 1. The molecule has 0 aliphatic heterocycles. The molecule has 2 rings (SSSR count). The number of urea groups is 1. The van der Waals surface area contributed by atoms with Crippen molar-refractivity contribution in [3.8, 4) is 0 Å². The largest absolute Gasteiger partial charge is 0.481 e. The second-order valence-corrected chi connectivity index (χ2v) is 5.47. The lowest BCUT2D eigenvalue weighted by Gasteiger charge is -2.33. The van der Waals surface area contributed by atoms with Crippen LogP contribution in [-0.4, -0.2) is 23.1 Å². The third-order valence-electron chi connectivity index (χ3n) is 3.52. The van der Waals surface area contributed by atoms with Gasteiger partial charge in [-0.05, 0) is 42.9 Å². The summed E-state index contributed by atoms with van der Waals surface area (Å²) < 4.78 is 0. The quantitative estimate of drug-likeness (QED) is 0.773. The van der Waals surface area contributed by atoms with Gasteiger partial charge < -0.3 is 15.7 Å². The Hall–Kier alpha value is -2.04. The molecule has 0 spiro atoms. The van der Waals surface area contributed by atoms with Crippen LogP contribution in [0.3, 0.4) is 0 Å². The van der Waals surface area contributed by atoms with E-state index in [4.69, 9.17) is 5.11 Å². The monoisotopic (exact) mass is 276 g/mol. The highest BCUT2D eigenvalue weighted by atomic mass is 16.4. The summed E-state index contributed by atoms with van der Waals surface area (Å²) in [6.45, 7) is 2.17. The van der Waals surface area contributed by atoms with E-state index in [1.54, 1.807) is 6.07 Å². The molecule has 5 nitrogen and oxygen atoms in total. The van der Waals surface area contributed by atoms with Crippen molar-refractivity contribution in [2.24, 2.45) is 5.92 Å². The van der Waals surface area contributed by atoms with Gasteiger partial charge in [0.2, 0.25) is 0 Å². The Balaban J connectivity index is 1.84. The number of carbonyl (C=O) groups excluding carboxylic acids is 1. The van der Waals surface area contributed by atoms with Crippen LogP contribution in [0.1, 0.15) is 31.7 Å². The van der Waals surface area contributed by atoms with Crippen LogP contribution in [0.15, 0.2) is 24.3 Å². The van der Waals surface area contributed by atoms with Gasteiger partial charge in [0.1, 0.15) is 0 Å². The average Bonchev–Trinajstić information content (AvgIpc) is 2.35. The number of anilines is 1. The first-order chi connectivity index (χ1) is 9.52. The van der Waals surface area contributed by atoms with Crippen LogP contribution in [0.2, 0.25) is 0 Å². The van der Waals surface area contributed by atoms with Gasteiger partial charge in [-0.1, -0.05) is 19.1 Å². The van der Waals surface area contributed by atoms with Crippen LogP contribution >= 0.6 is 0 Å². The van der Waals surface area contributed by atoms with Crippen LogP contribution in [0.25, 0.3) is 0 Å². The molecule has 1 aromatic rings. The minimum absolute atomic E-state index is 0.0929. The predicted octanol–water partition coefficient (Wildman–Crippen LogP) is 2.62. The molecule has 1 aromatic carbocycles. The van der Waals surface area contributed by atoms with E-state index < -0.39 is 5.97 Å². The van der Waals surface area contributed by atoms with E-state index in [-0.39, 0.29) is 18.5 Å². The molecule has 0 unspecified atom stereocenters. The number of carbonyl (C=O) groups is 2. The Kier molecular flexibility index (Phi) is 4.61. The molecule has 108 valence electrons. The molecule has 0 saturated heterocycles. The molecule has 0 atom stereocenters. The average molecular weight is 276 g/mol. The van der Waals surface area contributed by atoms with Gasteiger partial charge in [0.15, 0.2) is 0 Å². The van der Waals surface area contributed by atoms with Gasteiger partial charge in [-0.3, -0.25) is 4.79 Å². The Morgan fingerprint density at radius 2 is 2.10 bits per heavy atom. The molecule has 0 aromatic heterocycles. The molecule has 5 heteroatoms. The summed E-state index contributed by atoms with van der Waals surface area (Å²) in [6, 6.07) is 7.37. The molecule has 3 N–H and O–H groups in total. The lowest BCUT2D eigenvalue weighted by atomic mass is 9.82. The lowest BCUT2D eigenvalue weighted by molar-refractivity contribution is -0.136. The van der Waals surface area contributed by atoms with E-state index in [1.165, 1.54) is 0 Å². The number of carboxylic acid groups (broad SMARTS) is 1. The fraction of sp³-hybridized carbons (Fsp3) is 0.467. The van der Waals surface area contributed by atoms with E-state index >= 15 is 0 Å². The van der Waals surface area contributed by atoms with Crippen molar-refractivity contribution < 1.29 is 14.7 Å². The van der Waals surface area contributed by atoms with Crippen molar-refractivity contribution in [1.82, 2.24) is 5.32 Å². The number of rotatable bonds is 5. The summed E-state index contributed by atoms with van der Waals surface area (Å²) in [5, 5.41) is 14.4. The van der Waals surface area contributed by atoms with Crippen molar-refractivity contribution in [2.75, 3.05) is 5.32 Å². The van der Waals surface area contributed by atoms with Gasteiger partial charge in [-0.25, -0.2) is 4.79 Å². The summed E-state index contributed by atoms with van der Waals surface area (Å²) in [4.78, 5) is 22.3. The third kappa shape index (κ3) is 4.26. The van der Waals surface area contributed by atoms with Crippen molar-refractivity contribution in [2.45, 2.75) is 38.6 Å². The number of benzene rings is 1. The van der Waals surface area contributed by atoms with E-state index in [2.05, 4.69) is 17.6 Å². The van der Waals surface area contributed by atoms with Crippen LogP contribution in [-0.2, 0) is 11.2 Å². The molecular formula is C15H20N2O3. The number of nitrogens with one attached hydrogen (secondary N) is 2. The van der Waals surface area contributed by atoms with Crippen molar-refractivity contribution in [1.29, 1.82) is 0 Å². The summed E-state index contributed by atoms with van der Waals surface area (Å²) in [5.41, 5.74) is 1.60. The molecule has 0 bridgehead atoms. The summed E-state index contributed by atoms with van der Waals surface area (Å²) in [5.74, 6) is -0.125. The number of aliphatic carboxylic acids is 1. The molecule has 20 heavy (non-hydrogen) atoms. The predicted molar refractivity (Wildman–Crippen MR) is 76.7 cm³/mol. The lowest BCUT2D eigenvalue weighted by Crippen LogP contribution is -2.45. The van der Waals surface area contributed by atoms with Gasteiger partial charge in [0.25, 0.3) is 0 Å². The van der Waals surface area contributed by atoms with Crippen molar-refractivity contribution in [3.63, 3.8) is 0 Å². The molecular weight excluding hydrogens is 256 g/mol. The Morgan fingerprint density at radius 3 is 2.75 bits per heavy atom. The molecule has 1 aliphatic rings. The maximum absolute atomic E-state index is 11.8. The Bertz CT molecular complexity index is 496. The van der Waals surface area contributed by atoms with Crippen molar-refractivity contribution >= 4 is 17.7 Å². The van der Waals surface area contributed by atoms with Gasteiger partial charge in [-0.15, -0.1) is 0 Å². The Labute approximate surface area is 118 Å². The number of aryl methyl sites for hydroxylation is 1. The third-order valence-corrected chi connectivity index (χ3v) is 3.52. The fourth-order valence-corrected chi connectivity index (χ4v) is 2.43. The van der Waals surface area contributed by atoms with E-state index in [1.807, 2.05) is 18.2 Å². The van der Waals surface area contributed by atoms with Gasteiger partial charge in [0, 0.05) is 18.2 Å². The SMILES string of the molecule is CC1CC(NC(=O)Nc2cccc(CCC(=O)O)c2)C1. The van der Waals surface area contributed by atoms with Crippen LogP contribution in [0.5, 0.6) is 0 Å². The summed E-state index contributed by atoms with van der Waals surface area (Å²) in [7, 11) is 0. The Morgan fingerprint density at radius 1 is 1.35 bits per heavy atom. The van der Waals surface area contributed by atoms with E-state index in [0.29, 0.717) is 18.0 Å². The summed E-state index contributed by atoms with van der Waals surface area (Å²) in [6.07, 6.45) is 2.63. The zero-order valence-electron chi connectivity index (χ0n) is 11.6. The zero-order chi connectivity index (χ0) is 14.5. The van der Waals surface area contributed by atoms with Crippen LogP contribution < -0.4 is 10.6 Å². The zero-order valence-corrected chi connectivity index (χ0v) is 11.6. The number of amides is 2. The highest BCUT2D eigenvalue weighted by Gasteiger charge is 2.26. The second-order valence-electron chi connectivity index (χ2n) is 5.47. The molecule has 0 radical (unpaired) electrons. The first kappa shape index (κ1) is 14.4. The topological polar surface area (TPSA) is 78.4 Å². The summed E-state index contributed by atoms with van der Waals surface area (Å²) >= 11 is 0. The minimum Gasteiger partial charge on any atom is -0.481 e. The maximum atomic E-state index is 11.8. The van der Waals surface area contributed by atoms with Crippen LogP contribution in [0.4, 0.5) is 10.5 Å². The highest BCUT2D eigenvalue weighted by molar-refractivity contribution is 5.89. The molecule has 1 fully saturated rings. The van der Waals surface area contributed by atoms with Crippen molar-refractivity contribution in [3.05, 3.63) is 29.8 Å². The van der Waals surface area contributed by atoms with Gasteiger partial charge >= 0.3 is 12.0 Å². The smallest absolute Gasteiger partial charge is 0.319 e. The van der Waals surface area contributed by atoms with Gasteiger partial charge in [0.05, 0.1) is 0 Å². The first-order valence-electron chi connectivity index (χ1n) is 6.91. The number of hydrogen-bond donors (Lipinski definition) is 3. The number of hydrogen-bond acceptors (Lipinski definition) is 2. The van der Waals surface area contributed by atoms with Crippen LogP contribution in [0, 0.1) is 5.92 Å². The van der Waals surface area contributed by atoms with Gasteiger partial charge in [-0.2, -0.15) is 0 Å². The molecule has 0 heterocycles. The van der Waals surface area contributed by atoms with E-state index in [9.17, 15) is 9.59 Å². The maximum Gasteiger partial charge on any atom is 0.319 e. The van der Waals surface area contributed by atoms with E-state index in [0.717, 1.165) is 18.4 Å². The molecule has 1 saturated carbocycles. The first-order valence-corrected chi connectivity index (χ1v) is 6.91.